The molecule has 2 N–H and O–H groups in total. The fourth-order valence-electron chi connectivity index (χ4n) is 2.13. The summed E-state index contributed by atoms with van der Waals surface area (Å²) in [5.41, 5.74) is 1.67. The van der Waals surface area contributed by atoms with Crippen LogP contribution >= 0.6 is 0 Å². The second-order valence-electron chi connectivity index (χ2n) is 4.86. The second kappa shape index (κ2) is 5.56. The molecule has 1 aromatic heterocycles. The van der Waals surface area contributed by atoms with Crippen LogP contribution in [0.2, 0.25) is 0 Å². The van der Waals surface area contributed by atoms with Gasteiger partial charge in [-0.2, -0.15) is 0 Å². The maximum Gasteiger partial charge on any atom is 0.488 e. The first-order valence-electron chi connectivity index (χ1n) is 6.17. The van der Waals surface area contributed by atoms with E-state index in [1.54, 1.807) is 6.07 Å². The molecule has 0 aliphatic carbocycles. The van der Waals surface area contributed by atoms with Crippen LogP contribution in [0.3, 0.4) is 0 Å². The molecule has 5 heteroatoms. The number of hydrogen-bond donors (Lipinski definition) is 2. The zero-order valence-electron chi connectivity index (χ0n) is 10.9. The summed E-state index contributed by atoms with van der Waals surface area (Å²) in [5, 5.41) is 19.3. The van der Waals surface area contributed by atoms with Gasteiger partial charge in [-0.3, -0.25) is 0 Å². The summed E-state index contributed by atoms with van der Waals surface area (Å²) in [6.07, 6.45) is 3.15. The molecular weight excluding hydrogens is 227 g/mol. The average Bonchev–Trinajstić information content (AvgIpc) is 2.71. The Kier molecular flexibility index (Phi) is 4.06. The van der Waals surface area contributed by atoms with Gasteiger partial charge in [0.25, 0.3) is 0 Å². The minimum atomic E-state index is -1.40. The van der Waals surface area contributed by atoms with Crippen molar-refractivity contribution in [3.8, 4) is 0 Å². The van der Waals surface area contributed by atoms with Crippen LogP contribution in [-0.2, 0) is 6.54 Å². The Morgan fingerprint density at radius 1 is 1.22 bits per heavy atom. The first-order chi connectivity index (χ1) is 8.58. The van der Waals surface area contributed by atoms with Crippen LogP contribution in [-0.4, -0.2) is 47.3 Å². The van der Waals surface area contributed by atoms with E-state index in [1.807, 2.05) is 24.4 Å². The third kappa shape index (κ3) is 2.93. The topological polar surface area (TPSA) is 48.6 Å². The highest BCUT2D eigenvalue weighted by Crippen LogP contribution is 2.14. The molecule has 96 valence electrons. The van der Waals surface area contributed by atoms with Gasteiger partial charge in [0.05, 0.1) is 0 Å². The lowest BCUT2D eigenvalue weighted by Crippen LogP contribution is -2.29. The molecule has 0 saturated heterocycles. The van der Waals surface area contributed by atoms with E-state index in [2.05, 4.69) is 23.6 Å². The summed E-state index contributed by atoms with van der Waals surface area (Å²) < 4.78 is 2.20. The van der Waals surface area contributed by atoms with E-state index in [4.69, 9.17) is 10.0 Å². The summed E-state index contributed by atoms with van der Waals surface area (Å²) in [7, 11) is 2.75. The van der Waals surface area contributed by atoms with E-state index < -0.39 is 7.12 Å². The molecule has 0 bridgehead atoms. The van der Waals surface area contributed by atoms with Crippen molar-refractivity contribution in [1.29, 1.82) is 0 Å². The van der Waals surface area contributed by atoms with Crippen LogP contribution in [0, 0.1) is 0 Å². The quantitative estimate of drug-likeness (QED) is 0.744. The van der Waals surface area contributed by atoms with Crippen molar-refractivity contribution in [3.63, 3.8) is 0 Å². The minimum absolute atomic E-state index is 0.536. The van der Waals surface area contributed by atoms with Crippen LogP contribution in [0.25, 0.3) is 10.9 Å². The fourth-order valence-corrected chi connectivity index (χ4v) is 2.13. The molecular formula is C13H19BN2O2. The van der Waals surface area contributed by atoms with Crippen LogP contribution in [0.5, 0.6) is 0 Å². The van der Waals surface area contributed by atoms with Gasteiger partial charge in [0, 0.05) is 18.3 Å². The Bertz CT molecular complexity index is 523. The Balaban J connectivity index is 2.16. The summed E-state index contributed by atoms with van der Waals surface area (Å²) in [6, 6.07) is 7.54. The zero-order valence-corrected chi connectivity index (χ0v) is 10.9. The van der Waals surface area contributed by atoms with E-state index in [-0.39, 0.29) is 0 Å². The van der Waals surface area contributed by atoms with Crippen LogP contribution < -0.4 is 5.46 Å². The van der Waals surface area contributed by atoms with Crippen molar-refractivity contribution in [3.05, 3.63) is 30.5 Å². The van der Waals surface area contributed by atoms with E-state index >= 15 is 0 Å². The number of nitrogens with zero attached hydrogens (tertiary/aromatic N) is 2. The molecule has 0 radical (unpaired) electrons. The highest BCUT2D eigenvalue weighted by atomic mass is 16.4. The molecule has 4 nitrogen and oxygen atoms in total. The van der Waals surface area contributed by atoms with Gasteiger partial charge in [-0.1, -0.05) is 12.1 Å². The Hall–Kier alpha value is -1.30. The van der Waals surface area contributed by atoms with Crippen molar-refractivity contribution in [2.75, 3.05) is 20.6 Å². The van der Waals surface area contributed by atoms with Gasteiger partial charge in [-0.15, -0.1) is 0 Å². The predicted octanol–water partition coefficient (Wildman–Crippen LogP) is 0.273. The number of rotatable bonds is 5. The molecule has 2 rings (SSSR count). The van der Waals surface area contributed by atoms with Crippen LogP contribution in [0.4, 0.5) is 0 Å². The molecule has 2 aromatic rings. The van der Waals surface area contributed by atoms with Crippen molar-refractivity contribution >= 4 is 23.5 Å². The lowest BCUT2D eigenvalue weighted by molar-refractivity contribution is 0.388. The Morgan fingerprint density at radius 3 is 2.67 bits per heavy atom. The molecule has 0 unspecified atom stereocenters. The van der Waals surface area contributed by atoms with Gasteiger partial charge in [0.1, 0.15) is 0 Å². The maximum absolute atomic E-state index is 9.14. The molecule has 0 fully saturated rings. The van der Waals surface area contributed by atoms with Gasteiger partial charge < -0.3 is 19.5 Å². The monoisotopic (exact) mass is 246 g/mol. The molecule has 0 saturated carbocycles. The van der Waals surface area contributed by atoms with Crippen molar-refractivity contribution in [2.45, 2.75) is 13.0 Å². The summed E-state index contributed by atoms with van der Waals surface area (Å²) in [4.78, 5) is 2.17. The normalized spacial score (nSPS) is 11.4. The molecule has 0 aliphatic rings. The third-order valence-corrected chi connectivity index (χ3v) is 3.10. The van der Waals surface area contributed by atoms with E-state index in [1.165, 1.54) is 0 Å². The summed E-state index contributed by atoms with van der Waals surface area (Å²) in [6.45, 7) is 2.04. The van der Waals surface area contributed by atoms with E-state index in [9.17, 15) is 0 Å². The molecule has 0 amide bonds. The van der Waals surface area contributed by atoms with Gasteiger partial charge in [-0.25, -0.2) is 0 Å². The minimum Gasteiger partial charge on any atom is -0.423 e. The van der Waals surface area contributed by atoms with Gasteiger partial charge in [-0.05, 0) is 50.0 Å². The highest BCUT2D eigenvalue weighted by molar-refractivity contribution is 6.58. The largest absolute Gasteiger partial charge is 0.488 e. The lowest BCUT2D eigenvalue weighted by Gasteiger charge is -2.10. The second-order valence-corrected chi connectivity index (χ2v) is 4.86. The lowest BCUT2D eigenvalue weighted by atomic mass is 9.80. The standard InChI is InChI=1S/C13H19BN2O2/c1-15(2)7-3-8-16-9-6-11-10-12(14(17)18)4-5-13(11)16/h4-6,9-10,17-18H,3,7-8H2,1-2H3. The fraction of sp³-hybridized carbons (Fsp3) is 0.385. The van der Waals surface area contributed by atoms with Gasteiger partial charge in [0.2, 0.25) is 0 Å². The van der Waals surface area contributed by atoms with Crippen LogP contribution in [0.1, 0.15) is 6.42 Å². The van der Waals surface area contributed by atoms with Crippen LogP contribution in [0.15, 0.2) is 30.5 Å². The average molecular weight is 246 g/mol. The molecule has 0 atom stereocenters. The first kappa shape index (κ1) is 13.1. The molecule has 0 aliphatic heterocycles. The zero-order chi connectivity index (χ0) is 13.1. The van der Waals surface area contributed by atoms with Crippen molar-refractivity contribution in [2.24, 2.45) is 0 Å². The molecule has 18 heavy (non-hydrogen) atoms. The number of hydrogen-bond acceptors (Lipinski definition) is 3. The summed E-state index contributed by atoms with van der Waals surface area (Å²) >= 11 is 0. The highest BCUT2D eigenvalue weighted by Gasteiger charge is 2.11. The Labute approximate surface area is 108 Å². The van der Waals surface area contributed by atoms with Crippen molar-refractivity contribution < 1.29 is 10.0 Å². The third-order valence-electron chi connectivity index (χ3n) is 3.10. The molecule has 0 spiro atoms. The number of fused-ring (bicyclic) bond motifs is 1. The van der Waals surface area contributed by atoms with E-state index in [0.29, 0.717) is 5.46 Å². The summed E-state index contributed by atoms with van der Waals surface area (Å²) in [5.74, 6) is 0. The SMILES string of the molecule is CN(C)CCCn1ccc2cc(B(O)O)ccc21. The smallest absolute Gasteiger partial charge is 0.423 e. The van der Waals surface area contributed by atoms with Gasteiger partial charge in [0.15, 0.2) is 0 Å². The number of aromatic nitrogens is 1. The first-order valence-corrected chi connectivity index (χ1v) is 6.17. The predicted molar refractivity (Wildman–Crippen MR) is 74.9 cm³/mol. The van der Waals surface area contributed by atoms with E-state index in [0.717, 1.165) is 30.4 Å². The maximum atomic E-state index is 9.14. The number of aryl methyl sites for hydroxylation is 1. The van der Waals surface area contributed by atoms with Gasteiger partial charge >= 0.3 is 7.12 Å². The Morgan fingerprint density at radius 2 is 2.00 bits per heavy atom. The molecule has 1 aromatic carbocycles. The molecule has 1 heterocycles. The number of benzene rings is 1. The van der Waals surface area contributed by atoms with Crippen molar-refractivity contribution in [1.82, 2.24) is 9.47 Å².